The molecule has 0 aromatic heterocycles. The summed E-state index contributed by atoms with van der Waals surface area (Å²) in [7, 11) is 4.16. The number of likely N-dealkylation sites (N-methyl/N-ethyl adjacent to an activating group) is 1. The lowest BCUT2D eigenvalue weighted by molar-refractivity contribution is -0.122. The highest BCUT2D eigenvalue weighted by molar-refractivity contribution is 6.08. The number of carbonyl (C=O) groups is 1. The first-order valence-electron chi connectivity index (χ1n) is 12.6. The smallest absolute Gasteiger partial charge is 0.234 e. The molecule has 0 bridgehead atoms. The highest BCUT2D eigenvalue weighted by Crippen LogP contribution is 2.10. The molecule has 0 radical (unpaired) electrons. The summed E-state index contributed by atoms with van der Waals surface area (Å²) in [6.45, 7) is 9.15. The first-order chi connectivity index (χ1) is 15.9. The molecular formula is C27H45N5O. The van der Waals surface area contributed by atoms with Gasteiger partial charge >= 0.3 is 0 Å². The van der Waals surface area contributed by atoms with Crippen molar-refractivity contribution >= 4 is 11.6 Å². The quantitative estimate of drug-likeness (QED) is 0.469. The van der Waals surface area contributed by atoms with Crippen LogP contribution in [0.4, 0.5) is 0 Å². The zero-order valence-electron chi connectivity index (χ0n) is 21.4. The summed E-state index contributed by atoms with van der Waals surface area (Å²) in [4.78, 5) is 17.2. The Kier molecular flexibility index (Phi) is 12.2. The van der Waals surface area contributed by atoms with E-state index in [2.05, 4.69) is 91.8 Å². The molecule has 2 unspecified atom stereocenters. The molecule has 0 spiro atoms. The van der Waals surface area contributed by atoms with Gasteiger partial charge in [-0.3, -0.25) is 9.69 Å². The summed E-state index contributed by atoms with van der Waals surface area (Å²) in [5.41, 5.74) is 6.71. The molecule has 1 aliphatic rings. The number of amides is 1. The number of nitrogens with zero attached hydrogens (tertiary/aromatic N) is 3. The van der Waals surface area contributed by atoms with E-state index in [0.717, 1.165) is 43.6 Å². The van der Waals surface area contributed by atoms with Crippen molar-refractivity contribution in [2.24, 2.45) is 5.10 Å². The van der Waals surface area contributed by atoms with Gasteiger partial charge in [-0.2, -0.15) is 5.10 Å². The van der Waals surface area contributed by atoms with Crippen molar-refractivity contribution in [2.45, 2.75) is 71.4 Å². The van der Waals surface area contributed by atoms with E-state index in [1.165, 1.54) is 24.8 Å². The molecule has 6 nitrogen and oxygen atoms in total. The van der Waals surface area contributed by atoms with Gasteiger partial charge in [-0.05, 0) is 39.9 Å². The van der Waals surface area contributed by atoms with Gasteiger partial charge in [-0.15, -0.1) is 0 Å². The van der Waals surface area contributed by atoms with Crippen molar-refractivity contribution in [1.29, 1.82) is 0 Å². The van der Waals surface area contributed by atoms with Crippen molar-refractivity contribution in [3.05, 3.63) is 47.5 Å². The van der Waals surface area contributed by atoms with Crippen LogP contribution in [0.25, 0.3) is 0 Å². The first kappa shape index (κ1) is 27.1. The van der Waals surface area contributed by atoms with Crippen molar-refractivity contribution in [3.8, 4) is 0 Å². The first-order valence-corrected chi connectivity index (χ1v) is 12.6. The van der Waals surface area contributed by atoms with E-state index < -0.39 is 0 Å². The van der Waals surface area contributed by atoms with Crippen LogP contribution in [0.1, 0.15) is 63.5 Å². The Labute approximate surface area is 201 Å². The van der Waals surface area contributed by atoms with Crippen molar-refractivity contribution in [1.82, 2.24) is 20.5 Å². The summed E-state index contributed by atoms with van der Waals surface area (Å²) in [5.74, 6) is 0.0950. The fraction of sp³-hybridized carbons (Fsp3) is 0.630. The van der Waals surface area contributed by atoms with Gasteiger partial charge in [0.15, 0.2) is 0 Å². The zero-order chi connectivity index (χ0) is 24.1. The minimum absolute atomic E-state index is 0.0950. The third-order valence-electron chi connectivity index (χ3n) is 6.24. The highest BCUT2D eigenvalue weighted by atomic mass is 16.2. The molecule has 2 rings (SSSR count). The zero-order valence-corrected chi connectivity index (χ0v) is 21.4. The molecule has 1 amide bonds. The van der Waals surface area contributed by atoms with Crippen LogP contribution < -0.4 is 10.7 Å². The Morgan fingerprint density at radius 3 is 2.64 bits per heavy atom. The van der Waals surface area contributed by atoms with Gasteiger partial charge in [0.25, 0.3) is 0 Å². The number of benzene rings is 1. The number of allylic oxidation sites excluding steroid dienone is 1. The van der Waals surface area contributed by atoms with E-state index >= 15 is 0 Å². The lowest BCUT2D eigenvalue weighted by Gasteiger charge is -2.27. The second-order valence-corrected chi connectivity index (χ2v) is 9.49. The lowest BCUT2D eigenvalue weighted by Crippen LogP contribution is -2.46. The number of nitrogens with one attached hydrogen (secondary N) is 2. The molecule has 0 aliphatic carbocycles. The van der Waals surface area contributed by atoms with E-state index in [9.17, 15) is 4.79 Å². The molecule has 2 N–H and O–H groups in total. The number of unbranched alkanes of at least 4 members (excludes halogenated alkanes) is 2. The summed E-state index contributed by atoms with van der Waals surface area (Å²) >= 11 is 0. The Balaban J connectivity index is 2.05. The van der Waals surface area contributed by atoms with Gasteiger partial charge in [0.2, 0.25) is 5.91 Å². The Morgan fingerprint density at radius 1 is 1.21 bits per heavy atom. The predicted octanol–water partition coefficient (Wildman–Crippen LogP) is 3.96. The van der Waals surface area contributed by atoms with Crippen LogP contribution in [0.15, 0.2) is 41.5 Å². The van der Waals surface area contributed by atoms with E-state index in [0.29, 0.717) is 19.1 Å². The van der Waals surface area contributed by atoms with Crippen LogP contribution in [0.2, 0.25) is 0 Å². The van der Waals surface area contributed by atoms with Gasteiger partial charge in [0.05, 0.1) is 18.3 Å². The molecule has 184 valence electrons. The van der Waals surface area contributed by atoms with E-state index in [4.69, 9.17) is 5.10 Å². The summed E-state index contributed by atoms with van der Waals surface area (Å²) in [6, 6.07) is 9.07. The van der Waals surface area contributed by atoms with Crippen molar-refractivity contribution in [2.75, 3.05) is 40.3 Å². The minimum Gasteiger partial charge on any atom is -0.353 e. The predicted molar refractivity (Wildman–Crippen MR) is 140 cm³/mol. The summed E-state index contributed by atoms with van der Waals surface area (Å²) < 4.78 is 0. The number of carbonyl (C=O) groups excluding carboxylic acids is 1. The Hall–Kier alpha value is -2.18. The van der Waals surface area contributed by atoms with Gasteiger partial charge in [0, 0.05) is 31.2 Å². The van der Waals surface area contributed by atoms with Crippen LogP contribution in [0, 0.1) is 6.92 Å². The monoisotopic (exact) mass is 455 g/mol. The number of rotatable bonds is 12. The molecular weight excluding hydrogens is 410 g/mol. The summed E-state index contributed by atoms with van der Waals surface area (Å²) in [6.07, 6.45) is 11.0. The fourth-order valence-electron chi connectivity index (χ4n) is 4.12. The number of aryl methyl sites for hydroxylation is 1. The van der Waals surface area contributed by atoms with E-state index in [1.54, 1.807) is 0 Å². The summed E-state index contributed by atoms with van der Waals surface area (Å²) in [5, 5.41) is 7.92. The van der Waals surface area contributed by atoms with Gasteiger partial charge in [-0.1, -0.05) is 75.4 Å². The maximum absolute atomic E-state index is 12.8. The average Bonchev–Trinajstić information content (AvgIpc) is 2.88. The number of hydrogen-bond acceptors (Lipinski definition) is 5. The van der Waals surface area contributed by atoms with Gasteiger partial charge in [0.1, 0.15) is 0 Å². The van der Waals surface area contributed by atoms with Crippen LogP contribution in [0.5, 0.6) is 0 Å². The normalized spacial score (nSPS) is 20.7. The number of hydrazone groups is 1. The third-order valence-corrected chi connectivity index (χ3v) is 6.24. The molecule has 33 heavy (non-hydrogen) atoms. The molecule has 1 aromatic carbocycles. The Bertz CT molecular complexity index is 756. The van der Waals surface area contributed by atoms with E-state index in [-0.39, 0.29) is 11.9 Å². The largest absolute Gasteiger partial charge is 0.353 e. The van der Waals surface area contributed by atoms with Crippen molar-refractivity contribution in [3.63, 3.8) is 0 Å². The minimum atomic E-state index is 0.0950. The molecule has 1 aromatic rings. The molecule has 2 atom stereocenters. The molecule has 1 aliphatic heterocycles. The van der Waals surface area contributed by atoms with Gasteiger partial charge < -0.3 is 15.6 Å². The molecule has 6 heteroatoms. The highest BCUT2D eigenvalue weighted by Gasteiger charge is 2.18. The maximum atomic E-state index is 12.8. The van der Waals surface area contributed by atoms with Crippen LogP contribution in [0.3, 0.4) is 0 Å². The molecule has 0 saturated carbocycles. The standard InChI is InChI=1S/C27H45N5O/c1-6-8-9-12-24-20-32(21-27(33)28-19-25(11-7-2)31(4)5)18-10-13-26(30-29-24)23-16-14-22(3)15-17-23/h10,13-17,24-25,29H,6-9,11-12,18-21H2,1-5H3,(H,28,33)/b13-10+,30-26+. The second kappa shape index (κ2) is 14.9. The Morgan fingerprint density at radius 2 is 1.97 bits per heavy atom. The van der Waals surface area contributed by atoms with Crippen LogP contribution in [-0.4, -0.2) is 73.8 Å². The molecule has 0 fully saturated rings. The molecule has 1 heterocycles. The number of hydrogen-bond donors (Lipinski definition) is 2. The van der Waals surface area contributed by atoms with Crippen LogP contribution >= 0.6 is 0 Å². The third kappa shape index (κ3) is 10.1. The SMILES string of the molecule is CCCCCC1CN(CC(=O)NCC(CCC)N(C)C)C/C=C/C(c2ccc(C)cc2)=N\N1. The average molecular weight is 456 g/mol. The van der Waals surface area contributed by atoms with Crippen molar-refractivity contribution < 1.29 is 4.79 Å². The second-order valence-electron chi connectivity index (χ2n) is 9.49. The molecule has 0 saturated heterocycles. The maximum Gasteiger partial charge on any atom is 0.234 e. The fourth-order valence-corrected chi connectivity index (χ4v) is 4.12. The topological polar surface area (TPSA) is 60.0 Å². The van der Waals surface area contributed by atoms with E-state index in [1.807, 2.05) is 0 Å². The van der Waals surface area contributed by atoms with Crippen LogP contribution in [-0.2, 0) is 4.79 Å². The lowest BCUT2D eigenvalue weighted by atomic mass is 10.1. The van der Waals surface area contributed by atoms with Gasteiger partial charge in [-0.25, -0.2) is 0 Å².